The summed E-state index contributed by atoms with van der Waals surface area (Å²) in [6, 6.07) is 0. The van der Waals surface area contributed by atoms with Crippen molar-refractivity contribution in [1.82, 2.24) is 0 Å². The summed E-state index contributed by atoms with van der Waals surface area (Å²) in [5, 5.41) is 7.19. The number of hydrogen-bond donors (Lipinski definition) is 3. The molecule has 0 aliphatic carbocycles. The zero-order valence-corrected chi connectivity index (χ0v) is 9.33. The molecule has 0 aromatic heterocycles. The predicted octanol–water partition coefficient (Wildman–Crippen LogP) is 0.375. The minimum absolute atomic E-state index is 0. The maximum atomic E-state index is 8.74. The van der Waals surface area contributed by atoms with Crippen LogP contribution in [-0.4, -0.2) is 35.1 Å². The van der Waals surface area contributed by atoms with Gasteiger partial charge in [-0.3, -0.25) is 9.11 Å². The number of alkyl halides is 2. The number of rotatable bonds is 0. The first-order valence-corrected chi connectivity index (χ1v) is 4.15. The van der Waals surface area contributed by atoms with Crippen LogP contribution in [0.4, 0.5) is 0 Å². The molecule has 5 nitrogen and oxygen atoms in total. The van der Waals surface area contributed by atoms with Gasteiger partial charge in [-0.1, -0.05) is 0 Å². The van der Waals surface area contributed by atoms with Gasteiger partial charge >= 0.3 is 10.4 Å². The standard InChI is InChI=1S/CH2Cl2.CH4O.H2O4S.Rh/c2-1-3;1-2;1-5(2,3)4;/h1H2;2H,1H3;(H2,1,2,3,4);. The van der Waals surface area contributed by atoms with Gasteiger partial charge in [-0.2, -0.15) is 8.42 Å². The molecule has 0 amide bonds. The second-order valence-corrected chi connectivity index (χ2v) is 2.25. The number of aliphatic hydroxyl groups is 1. The molecule has 3 N–H and O–H groups in total. The fourth-order valence-electron chi connectivity index (χ4n) is 0. The zero-order chi connectivity index (χ0) is 9.21. The summed E-state index contributed by atoms with van der Waals surface area (Å²) in [5.41, 5.74) is 0. The second-order valence-electron chi connectivity index (χ2n) is 0.549. The van der Waals surface area contributed by atoms with Crippen LogP contribution in [0, 0.1) is 0 Å². The monoisotopic (exact) mass is 317 g/mol. The Morgan fingerprint density at radius 3 is 1.18 bits per heavy atom. The summed E-state index contributed by atoms with van der Waals surface area (Å²) in [5.74, 6) is 0. The Hall–Kier alpha value is 1.03. The molecule has 0 aromatic carbocycles. The molecule has 75 valence electrons. The Bertz CT molecular complexity index is 116. The normalized spacial score (nSPS) is 7.45. The molecule has 0 bridgehead atoms. The van der Waals surface area contributed by atoms with E-state index in [1.807, 2.05) is 0 Å². The maximum absolute atomic E-state index is 8.74. The summed E-state index contributed by atoms with van der Waals surface area (Å²) in [7, 11) is -3.67. The van der Waals surface area contributed by atoms with Crippen molar-refractivity contribution in [2.45, 2.75) is 0 Å². The minimum atomic E-state index is -4.67. The third kappa shape index (κ3) is 843. The Balaban J connectivity index is -0.0000000360. The van der Waals surface area contributed by atoms with Crippen LogP contribution < -0.4 is 0 Å². The molecule has 0 aliphatic rings. The van der Waals surface area contributed by atoms with E-state index in [1.165, 1.54) is 0 Å². The summed E-state index contributed by atoms with van der Waals surface area (Å²) in [6.45, 7) is 0. The third-order valence-electron chi connectivity index (χ3n) is 0. The van der Waals surface area contributed by atoms with Gasteiger partial charge in [0.05, 0.1) is 5.34 Å². The summed E-state index contributed by atoms with van der Waals surface area (Å²) in [6.07, 6.45) is 0. The average Bonchev–Trinajstić information content (AvgIpc) is 1.68. The number of aliphatic hydroxyl groups excluding tert-OH is 1. The van der Waals surface area contributed by atoms with E-state index in [4.69, 9.17) is 45.8 Å². The van der Waals surface area contributed by atoms with Crippen molar-refractivity contribution in [1.29, 1.82) is 0 Å². The van der Waals surface area contributed by atoms with Gasteiger partial charge in [0.1, 0.15) is 0 Å². The Morgan fingerprint density at radius 1 is 1.18 bits per heavy atom. The third-order valence-corrected chi connectivity index (χ3v) is 0. The van der Waals surface area contributed by atoms with Crippen molar-refractivity contribution >= 4 is 33.6 Å². The Labute approximate surface area is 88.0 Å². The molecule has 0 aliphatic heterocycles. The van der Waals surface area contributed by atoms with E-state index in [0.717, 1.165) is 7.11 Å². The first-order chi connectivity index (χ1) is 4.41. The van der Waals surface area contributed by atoms with Crippen LogP contribution in [0.15, 0.2) is 0 Å². The molecule has 0 fully saturated rings. The molecule has 0 spiro atoms. The van der Waals surface area contributed by atoms with Gasteiger partial charge in [0.25, 0.3) is 0 Å². The predicted molar refractivity (Wildman–Crippen MR) is 38.9 cm³/mol. The second kappa shape index (κ2) is 17.2. The van der Waals surface area contributed by atoms with Crippen LogP contribution in [0.1, 0.15) is 0 Å². The zero-order valence-electron chi connectivity index (χ0n) is 5.36. The molecule has 0 unspecified atom stereocenters. The molecule has 0 atom stereocenters. The fraction of sp³-hybridized carbons (Fsp3) is 1.00. The van der Waals surface area contributed by atoms with Crippen LogP contribution in [0.5, 0.6) is 0 Å². The molecule has 0 heterocycles. The van der Waals surface area contributed by atoms with E-state index >= 15 is 0 Å². The molecule has 9 heteroatoms. The van der Waals surface area contributed by atoms with Crippen molar-refractivity contribution in [2.75, 3.05) is 12.4 Å². The number of halogens is 2. The van der Waals surface area contributed by atoms with Gasteiger partial charge in [0.15, 0.2) is 0 Å². The van der Waals surface area contributed by atoms with E-state index in [1.54, 1.807) is 0 Å². The molecule has 0 rings (SSSR count). The summed E-state index contributed by atoms with van der Waals surface area (Å²) in [4.78, 5) is 0. The van der Waals surface area contributed by atoms with E-state index in [9.17, 15) is 0 Å². The van der Waals surface area contributed by atoms with E-state index < -0.39 is 10.4 Å². The minimum Gasteiger partial charge on any atom is -0.400 e. The van der Waals surface area contributed by atoms with E-state index in [-0.39, 0.29) is 24.8 Å². The first kappa shape index (κ1) is 22.7. The van der Waals surface area contributed by atoms with Gasteiger partial charge in [0, 0.05) is 26.6 Å². The van der Waals surface area contributed by atoms with Crippen LogP contribution in [0.2, 0.25) is 0 Å². The van der Waals surface area contributed by atoms with E-state index in [2.05, 4.69) is 0 Å². The van der Waals surface area contributed by atoms with Crippen molar-refractivity contribution in [3.63, 3.8) is 0 Å². The molecular formula is C2H8Cl2O5RhS. The smallest absolute Gasteiger partial charge is 0.394 e. The van der Waals surface area contributed by atoms with Crippen molar-refractivity contribution in [3.8, 4) is 0 Å². The van der Waals surface area contributed by atoms with Gasteiger partial charge in [-0.25, -0.2) is 0 Å². The summed E-state index contributed by atoms with van der Waals surface area (Å²) < 4.78 is 31.6. The Kier molecular flexibility index (Phi) is 35.5. The van der Waals surface area contributed by atoms with Gasteiger partial charge < -0.3 is 5.11 Å². The van der Waals surface area contributed by atoms with Crippen molar-refractivity contribution in [2.24, 2.45) is 0 Å². The van der Waals surface area contributed by atoms with Gasteiger partial charge in [-0.15, -0.1) is 23.2 Å². The first-order valence-electron chi connectivity index (χ1n) is 1.68. The van der Waals surface area contributed by atoms with Crippen molar-refractivity contribution < 1.29 is 42.1 Å². The van der Waals surface area contributed by atoms with Gasteiger partial charge in [0.2, 0.25) is 0 Å². The van der Waals surface area contributed by atoms with Crippen LogP contribution in [0.25, 0.3) is 0 Å². The van der Waals surface area contributed by atoms with E-state index in [0.29, 0.717) is 0 Å². The van der Waals surface area contributed by atoms with Crippen molar-refractivity contribution in [3.05, 3.63) is 0 Å². The molecule has 11 heavy (non-hydrogen) atoms. The topological polar surface area (TPSA) is 94.8 Å². The number of hydrogen-bond acceptors (Lipinski definition) is 3. The quantitative estimate of drug-likeness (QED) is 0.341. The average molecular weight is 318 g/mol. The maximum Gasteiger partial charge on any atom is 0.394 e. The summed E-state index contributed by atoms with van der Waals surface area (Å²) >= 11 is 9.53. The molecule has 0 saturated heterocycles. The van der Waals surface area contributed by atoms with Crippen LogP contribution in [-0.2, 0) is 29.9 Å². The largest absolute Gasteiger partial charge is 0.400 e. The van der Waals surface area contributed by atoms with Gasteiger partial charge in [-0.05, 0) is 0 Å². The molecular weight excluding hydrogens is 310 g/mol. The fourth-order valence-corrected chi connectivity index (χ4v) is 0. The van der Waals surface area contributed by atoms with Crippen LogP contribution in [0.3, 0.4) is 0 Å². The molecule has 1 radical (unpaired) electrons. The van der Waals surface area contributed by atoms with Crippen LogP contribution >= 0.6 is 23.2 Å². The molecule has 0 aromatic rings. The Morgan fingerprint density at radius 2 is 1.18 bits per heavy atom. The molecule has 0 saturated carbocycles. The SMILES string of the molecule is CO.ClCCl.O=S(=O)(O)O.[Rh].